The largest absolute Gasteiger partial charge is 0.416 e. The molecule has 1 aliphatic rings. The second-order valence-electron chi connectivity index (χ2n) is 8.23. The van der Waals surface area contributed by atoms with E-state index in [1.54, 1.807) is 0 Å². The van der Waals surface area contributed by atoms with Crippen molar-refractivity contribution < 1.29 is 35.5 Å². The molecule has 1 aromatic heterocycles. The summed E-state index contributed by atoms with van der Waals surface area (Å²) in [7, 11) is 0. The Kier molecular flexibility index (Phi) is 6.82. The number of fused-ring (bicyclic) bond motifs is 1. The Morgan fingerprint density at radius 1 is 0.973 bits per heavy atom. The number of carbonyl (C=O) groups is 1. The zero-order valence-electron chi connectivity index (χ0n) is 18.8. The van der Waals surface area contributed by atoms with Crippen LogP contribution in [0.2, 0.25) is 0 Å². The first-order chi connectivity index (χ1) is 17.3. The number of aromatic nitrogens is 2. The first-order valence-corrected chi connectivity index (χ1v) is 10.8. The molecule has 0 unspecified atom stereocenters. The minimum Gasteiger partial charge on any atom is -0.382 e. The van der Waals surface area contributed by atoms with Crippen LogP contribution in [0.3, 0.4) is 0 Å². The summed E-state index contributed by atoms with van der Waals surface area (Å²) < 4.78 is 94.9. The summed E-state index contributed by atoms with van der Waals surface area (Å²) in [5.41, 5.74) is 2.65. The molecule has 1 amide bonds. The lowest BCUT2D eigenvalue weighted by atomic mass is 9.88. The van der Waals surface area contributed by atoms with Crippen LogP contribution < -0.4 is 10.6 Å². The number of aryl methyl sites for hydroxylation is 1. The number of anilines is 2. The number of hydrogen-bond acceptors (Lipinski definition) is 4. The van der Waals surface area contributed by atoms with Crippen LogP contribution in [0.15, 0.2) is 48.5 Å². The van der Waals surface area contributed by atoms with E-state index in [4.69, 9.17) is 5.73 Å². The monoisotopic (exact) mass is 522 g/mol. The molecule has 37 heavy (non-hydrogen) atoms. The van der Waals surface area contributed by atoms with E-state index in [0.29, 0.717) is 17.7 Å². The molecule has 192 valence electrons. The lowest BCUT2D eigenvalue weighted by Crippen LogP contribution is -2.35. The minimum atomic E-state index is -5.15. The Balaban J connectivity index is 1.77. The lowest BCUT2D eigenvalue weighted by molar-refractivity contribution is -0.143. The zero-order valence-corrected chi connectivity index (χ0v) is 18.8. The van der Waals surface area contributed by atoms with Gasteiger partial charge in [-0.25, -0.2) is 4.39 Å². The van der Waals surface area contributed by atoms with Crippen molar-refractivity contribution in [2.75, 3.05) is 17.2 Å². The molecule has 2 aromatic carbocycles. The highest BCUT2D eigenvalue weighted by Crippen LogP contribution is 2.42. The summed E-state index contributed by atoms with van der Waals surface area (Å²) in [5.74, 6) is 2.64. The number of nitrogens with two attached hydrogens (primary N) is 1. The number of nitrogen functional groups attached to an aromatic ring is 1. The van der Waals surface area contributed by atoms with E-state index in [0.717, 1.165) is 17.0 Å². The highest BCUT2D eigenvalue weighted by atomic mass is 19.4. The van der Waals surface area contributed by atoms with Crippen molar-refractivity contribution in [1.82, 2.24) is 10.2 Å². The van der Waals surface area contributed by atoms with Gasteiger partial charge >= 0.3 is 12.4 Å². The van der Waals surface area contributed by atoms with Gasteiger partial charge in [0.05, 0.1) is 23.6 Å². The molecular formula is C25H17F7N4O. The number of amides is 1. The molecule has 5 nitrogen and oxygen atoms in total. The van der Waals surface area contributed by atoms with Gasteiger partial charge in [0.1, 0.15) is 17.3 Å². The van der Waals surface area contributed by atoms with Gasteiger partial charge in [0.2, 0.25) is 5.91 Å². The van der Waals surface area contributed by atoms with Crippen molar-refractivity contribution in [3.63, 3.8) is 0 Å². The number of alkyl halides is 6. The third-order valence-corrected chi connectivity index (χ3v) is 5.80. The first-order valence-electron chi connectivity index (χ1n) is 10.8. The molecule has 0 radical (unpaired) electrons. The van der Waals surface area contributed by atoms with E-state index >= 15 is 0 Å². The van der Waals surface area contributed by atoms with E-state index < -0.39 is 46.7 Å². The number of benzene rings is 2. The number of carbonyl (C=O) groups excluding carboxylic acids is 1. The van der Waals surface area contributed by atoms with Crippen molar-refractivity contribution in [2.45, 2.75) is 31.1 Å². The summed E-state index contributed by atoms with van der Waals surface area (Å²) in [6.07, 6.45) is -10.3. The molecule has 3 aromatic rings. The lowest BCUT2D eigenvalue weighted by Gasteiger charge is -2.26. The molecule has 0 saturated heterocycles. The summed E-state index contributed by atoms with van der Waals surface area (Å²) >= 11 is 0. The maximum Gasteiger partial charge on any atom is 0.416 e. The molecule has 1 aliphatic heterocycles. The Labute approximate surface area is 206 Å². The van der Waals surface area contributed by atoms with Gasteiger partial charge in [0, 0.05) is 5.69 Å². The normalized spacial score (nSPS) is 16.0. The van der Waals surface area contributed by atoms with Crippen LogP contribution in [0.4, 0.5) is 42.2 Å². The van der Waals surface area contributed by atoms with Gasteiger partial charge in [0.15, 0.2) is 0 Å². The maximum absolute atomic E-state index is 13.9. The van der Waals surface area contributed by atoms with Crippen LogP contribution in [-0.4, -0.2) is 22.6 Å². The smallest absolute Gasteiger partial charge is 0.382 e. The highest BCUT2D eigenvalue weighted by molar-refractivity contribution is 6.00. The summed E-state index contributed by atoms with van der Waals surface area (Å²) in [6.45, 7) is -0.304. The molecule has 0 aliphatic carbocycles. The summed E-state index contributed by atoms with van der Waals surface area (Å²) in [4.78, 5) is 14.7. The van der Waals surface area contributed by atoms with Gasteiger partial charge in [-0.2, -0.15) is 26.3 Å². The number of nitrogens with zero attached hydrogens (tertiary/aromatic N) is 3. The number of hydrogen-bond donors (Lipinski definition) is 1. The van der Waals surface area contributed by atoms with E-state index in [1.165, 1.54) is 18.2 Å². The van der Waals surface area contributed by atoms with Crippen molar-refractivity contribution >= 4 is 17.4 Å². The van der Waals surface area contributed by atoms with Crippen LogP contribution in [0.5, 0.6) is 0 Å². The van der Waals surface area contributed by atoms with Gasteiger partial charge in [-0.3, -0.25) is 9.69 Å². The van der Waals surface area contributed by atoms with Gasteiger partial charge < -0.3 is 5.73 Å². The fourth-order valence-electron chi connectivity index (χ4n) is 4.10. The molecule has 2 N–H and O–H groups in total. The number of halogens is 7. The van der Waals surface area contributed by atoms with Gasteiger partial charge in [-0.1, -0.05) is 12.0 Å². The Bertz CT molecular complexity index is 1390. The van der Waals surface area contributed by atoms with E-state index in [-0.39, 0.29) is 42.7 Å². The molecule has 4 rings (SSSR count). The number of rotatable bonds is 2. The van der Waals surface area contributed by atoms with E-state index in [9.17, 15) is 35.5 Å². The Hall–Kier alpha value is -4.14. The predicted molar refractivity (Wildman–Crippen MR) is 120 cm³/mol. The van der Waals surface area contributed by atoms with Crippen molar-refractivity contribution in [2.24, 2.45) is 0 Å². The Morgan fingerprint density at radius 3 is 2.38 bits per heavy atom. The van der Waals surface area contributed by atoms with Crippen LogP contribution >= 0.6 is 0 Å². The molecule has 0 bridgehead atoms. The van der Waals surface area contributed by atoms with Crippen molar-refractivity contribution in [3.05, 3.63) is 82.3 Å². The fourth-order valence-corrected chi connectivity index (χ4v) is 4.10. The van der Waals surface area contributed by atoms with Crippen molar-refractivity contribution in [1.29, 1.82) is 0 Å². The molecule has 0 fully saturated rings. The minimum absolute atomic E-state index is 0.00420. The molecule has 0 saturated carbocycles. The third kappa shape index (κ3) is 5.66. The van der Waals surface area contributed by atoms with Crippen LogP contribution in [0, 0.1) is 17.7 Å². The van der Waals surface area contributed by atoms with E-state index in [1.807, 2.05) is 0 Å². The molecule has 0 spiro atoms. The van der Waals surface area contributed by atoms with Crippen LogP contribution in [0.1, 0.15) is 40.3 Å². The van der Waals surface area contributed by atoms with Gasteiger partial charge in [-0.15, -0.1) is 10.2 Å². The summed E-state index contributed by atoms with van der Waals surface area (Å²) in [6, 6.07) is 7.69. The topological polar surface area (TPSA) is 72.1 Å². The molecule has 1 atom stereocenters. The van der Waals surface area contributed by atoms with E-state index in [2.05, 4.69) is 22.0 Å². The van der Waals surface area contributed by atoms with Crippen LogP contribution in [-0.2, 0) is 23.6 Å². The summed E-state index contributed by atoms with van der Waals surface area (Å²) in [5, 5.41) is 7.41. The quantitative estimate of drug-likeness (QED) is 0.364. The van der Waals surface area contributed by atoms with Gasteiger partial charge in [0.25, 0.3) is 0 Å². The molecule has 2 heterocycles. The average Bonchev–Trinajstić information content (AvgIpc) is 2.95. The maximum atomic E-state index is 13.9. The SMILES string of the molecule is Nc1ccc(C#CCN2C(=O)[C@@H](c3ccc(C(F)(F)F)cc3C(F)(F)F)CCc3cc(F)ccc32)nn1. The van der Waals surface area contributed by atoms with Crippen molar-refractivity contribution in [3.8, 4) is 11.8 Å². The molecule has 12 heteroatoms. The predicted octanol–water partition coefficient (Wildman–Crippen LogP) is 5.35. The van der Waals surface area contributed by atoms with Gasteiger partial charge in [-0.05, 0) is 72.4 Å². The zero-order chi connectivity index (χ0) is 27.0. The fraction of sp³-hybridized carbons (Fsp3) is 0.240. The second-order valence-corrected chi connectivity index (χ2v) is 8.23. The standard InChI is InChI=1S/C25H17F7N4O/c26-16-5-9-21-14(12-16)3-7-19(18-8-4-15(24(27,28)29)13-20(18)25(30,31)32)23(37)36(21)11-1-2-17-6-10-22(33)35-34-17/h4-6,8-10,12-13,19H,3,7,11H2,(H2,33,35)/t19-/m1/s1. The highest BCUT2D eigenvalue weighted by Gasteiger charge is 2.42. The first kappa shape index (κ1) is 25.9. The Morgan fingerprint density at radius 2 is 1.73 bits per heavy atom. The average molecular weight is 522 g/mol. The van der Waals surface area contributed by atoms with Crippen LogP contribution in [0.25, 0.3) is 0 Å². The third-order valence-electron chi connectivity index (χ3n) is 5.80. The molecular weight excluding hydrogens is 505 g/mol. The second kappa shape index (κ2) is 9.72.